The van der Waals surface area contributed by atoms with E-state index in [1.807, 2.05) is 0 Å². The average Bonchev–Trinajstić information content (AvgIpc) is 3.14. The number of carbonyl (C=O) groups excluding carboxylic acids is 2. The molecule has 2 aromatic rings. The number of carbonyl (C=O) groups is 2. The van der Waals surface area contributed by atoms with E-state index in [9.17, 15) is 14.0 Å². The van der Waals surface area contributed by atoms with Crippen LogP contribution in [-0.4, -0.2) is 36.5 Å². The maximum atomic E-state index is 13.0. The molecule has 1 heterocycles. The van der Waals surface area contributed by atoms with Gasteiger partial charge in [-0.15, -0.1) is 0 Å². The van der Waals surface area contributed by atoms with Crippen LogP contribution in [0.3, 0.4) is 0 Å². The zero-order valence-electron chi connectivity index (χ0n) is 14.4. The molecule has 0 aromatic heterocycles. The molecule has 26 heavy (non-hydrogen) atoms. The van der Waals surface area contributed by atoms with Crippen LogP contribution >= 0.6 is 0 Å². The second-order valence-corrected chi connectivity index (χ2v) is 6.01. The Morgan fingerprint density at radius 2 is 1.65 bits per heavy atom. The van der Waals surface area contributed by atoms with Gasteiger partial charge in [0.25, 0.3) is 0 Å². The van der Waals surface area contributed by atoms with Crippen molar-refractivity contribution in [3.8, 4) is 5.75 Å². The molecule has 6 nitrogen and oxygen atoms in total. The molecule has 7 heteroatoms. The predicted molar refractivity (Wildman–Crippen MR) is 96.8 cm³/mol. The smallest absolute Gasteiger partial charge is 0.322 e. The molecule has 1 aliphatic rings. The summed E-state index contributed by atoms with van der Waals surface area (Å²) in [5, 5.41) is 5.52. The first kappa shape index (κ1) is 17.7. The molecule has 0 bridgehead atoms. The van der Waals surface area contributed by atoms with Crippen molar-refractivity contribution in [1.29, 1.82) is 0 Å². The van der Waals surface area contributed by atoms with Gasteiger partial charge in [0.1, 0.15) is 17.6 Å². The number of halogens is 1. The number of amides is 3. The zero-order chi connectivity index (χ0) is 18.5. The van der Waals surface area contributed by atoms with Crippen molar-refractivity contribution in [2.45, 2.75) is 18.9 Å². The SMILES string of the molecule is COc1ccc(NC(=O)[C@@H]2CCCN2C(=O)Nc2ccc(F)cc2)cc1. The summed E-state index contributed by atoms with van der Waals surface area (Å²) in [6.45, 7) is 0.494. The summed E-state index contributed by atoms with van der Waals surface area (Å²) in [6, 6.07) is 11.6. The molecule has 0 spiro atoms. The molecule has 3 amide bonds. The Morgan fingerprint density at radius 3 is 2.31 bits per heavy atom. The number of methoxy groups -OCH3 is 1. The lowest BCUT2D eigenvalue weighted by atomic mass is 10.2. The monoisotopic (exact) mass is 357 g/mol. The van der Waals surface area contributed by atoms with Crippen molar-refractivity contribution in [2.24, 2.45) is 0 Å². The van der Waals surface area contributed by atoms with Crippen LogP contribution in [0.25, 0.3) is 0 Å². The van der Waals surface area contributed by atoms with Crippen LogP contribution in [0, 0.1) is 5.82 Å². The molecule has 1 fully saturated rings. The quantitative estimate of drug-likeness (QED) is 0.880. The normalized spacial score (nSPS) is 16.2. The van der Waals surface area contributed by atoms with Crippen LogP contribution in [0.1, 0.15) is 12.8 Å². The number of hydrogen-bond acceptors (Lipinski definition) is 3. The first-order valence-corrected chi connectivity index (χ1v) is 8.35. The Labute approximate surface area is 150 Å². The van der Waals surface area contributed by atoms with Gasteiger partial charge in [0.2, 0.25) is 5.91 Å². The van der Waals surface area contributed by atoms with Crippen LogP contribution in [0.2, 0.25) is 0 Å². The molecule has 0 unspecified atom stereocenters. The molecular weight excluding hydrogens is 337 g/mol. The molecule has 0 aliphatic carbocycles. The molecule has 1 atom stereocenters. The van der Waals surface area contributed by atoms with E-state index in [1.165, 1.54) is 29.2 Å². The highest BCUT2D eigenvalue weighted by molar-refractivity contribution is 5.99. The van der Waals surface area contributed by atoms with Crippen LogP contribution in [0.5, 0.6) is 5.75 Å². The lowest BCUT2D eigenvalue weighted by Gasteiger charge is -2.24. The van der Waals surface area contributed by atoms with Crippen LogP contribution < -0.4 is 15.4 Å². The van der Waals surface area contributed by atoms with Gasteiger partial charge in [-0.05, 0) is 61.4 Å². The van der Waals surface area contributed by atoms with Crippen molar-refractivity contribution in [1.82, 2.24) is 4.90 Å². The summed E-state index contributed by atoms with van der Waals surface area (Å²) in [6.07, 6.45) is 1.34. The standard InChI is InChI=1S/C19H20FN3O3/c1-26-16-10-8-14(9-11-16)21-18(24)17-3-2-12-23(17)19(25)22-15-6-4-13(20)5-7-15/h4-11,17H,2-3,12H2,1H3,(H,21,24)(H,22,25)/t17-/m0/s1. The Hall–Kier alpha value is -3.09. The number of anilines is 2. The van der Waals surface area contributed by atoms with Crippen LogP contribution in [0.15, 0.2) is 48.5 Å². The molecule has 2 N–H and O–H groups in total. The lowest BCUT2D eigenvalue weighted by molar-refractivity contribution is -0.119. The molecule has 0 radical (unpaired) electrons. The summed E-state index contributed by atoms with van der Waals surface area (Å²) in [7, 11) is 1.57. The summed E-state index contributed by atoms with van der Waals surface area (Å²) in [4.78, 5) is 26.5. The molecule has 1 saturated heterocycles. The van der Waals surface area contributed by atoms with Crippen LogP contribution in [-0.2, 0) is 4.79 Å². The molecule has 136 valence electrons. The van der Waals surface area contributed by atoms with E-state index in [0.717, 1.165) is 6.42 Å². The second-order valence-electron chi connectivity index (χ2n) is 6.01. The fourth-order valence-electron chi connectivity index (χ4n) is 2.91. The molecule has 1 aliphatic heterocycles. The van der Waals surface area contributed by atoms with Crippen molar-refractivity contribution >= 4 is 23.3 Å². The van der Waals surface area contributed by atoms with Gasteiger partial charge < -0.3 is 20.3 Å². The highest BCUT2D eigenvalue weighted by Gasteiger charge is 2.34. The first-order valence-electron chi connectivity index (χ1n) is 8.35. The van der Waals surface area contributed by atoms with Crippen molar-refractivity contribution in [3.63, 3.8) is 0 Å². The van der Waals surface area contributed by atoms with E-state index in [4.69, 9.17) is 4.74 Å². The Kier molecular flexibility index (Phi) is 5.36. The Bertz CT molecular complexity index is 778. The van der Waals surface area contributed by atoms with E-state index >= 15 is 0 Å². The molecule has 2 aromatic carbocycles. The number of rotatable bonds is 4. The average molecular weight is 357 g/mol. The largest absolute Gasteiger partial charge is 0.497 e. The van der Waals surface area contributed by atoms with Gasteiger partial charge in [-0.1, -0.05) is 0 Å². The summed E-state index contributed by atoms with van der Waals surface area (Å²) < 4.78 is 18.1. The molecule has 3 rings (SSSR count). The maximum absolute atomic E-state index is 13.0. The zero-order valence-corrected chi connectivity index (χ0v) is 14.4. The van der Waals surface area contributed by atoms with E-state index in [2.05, 4.69) is 10.6 Å². The van der Waals surface area contributed by atoms with Gasteiger partial charge >= 0.3 is 6.03 Å². The predicted octanol–water partition coefficient (Wildman–Crippen LogP) is 3.47. The van der Waals surface area contributed by atoms with E-state index < -0.39 is 6.04 Å². The van der Waals surface area contributed by atoms with Gasteiger partial charge in [0.15, 0.2) is 0 Å². The van der Waals surface area contributed by atoms with Crippen LogP contribution in [0.4, 0.5) is 20.6 Å². The Balaban J connectivity index is 1.63. The van der Waals surface area contributed by atoms with E-state index in [0.29, 0.717) is 30.1 Å². The fourth-order valence-corrected chi connectivity index (χ4v) is 2.91. The summed E-state index contributed by atoms with van der Waals surface area (Å²) in [5.41, 5.74) is 1.12. The van der Waals surface area contributed by atoms with E-state index in [1.54, 1.807) is 31.4 Å². The van der Waals surface area contributed by atoms with Crippen molar-refractivity contribution in [3.05, 3.63) is 54.3 Å². The third-order valence-corrected chi connectivity index (χ3v) is 4.27. The van der Waals surface area contributed by atoms with Crippen molar-refractivity contribution < 1.29 is 18.7 Å². The molecular formula is C19H20FN3O3. The summed E-state index contributed by atoms with van der Waals surface area (Å²) in [5.74, 6) is 0.0898. The van der Waals surface area contributed by atoms with Gasteiger partial charge in [0.05, 0.1) is 7.11 Å². The summed E-state index contributed by atoms with van der Waals surface area (Å²) >= 11 is 0. The highest BCUT2D eigenvalue weighted by Crippen LogP contribution is 2.22. The van der Waals surface area contributed by atoms with Gasteiger partial charge in [-0.25, -0.2) is 9.18 Å². The third kappa shape index (κ3) is 4.11. The Morgan fingerprint density at radius 1 is 1.04 bits per heavy atom. The maximum Gasteiger partial charge on any atom is 0.322 e. The van der Waals surface area contributed by atoms with Gasteiger partial charge in [-0.2, -0.15) is 0 Å². The number of nitrogens with zero attached hydrogens (tertiary/aromatic N) is 1. The lowest BCUT2D eigenvalue weighted by Crippen LogP contribution is -2.45. The number of nitrogens with one attached hydrogen (secondary N) is 2. The minimum atomic E-state index is -0.544. The number of hydrogen-bond donors (Lipinski definition) is 2. The number of urea groups is 1. The van der Waals surface area contributed by atoms with Gasteiger partial charge in [-0.3, -0.25) is 4.79 Å². The van der Waals surface area contributed by atoms with Crippen molar-refractivity contribution in [2.75, 3.05) is 24.3 Å². The minimum Gasteiger partial charge on any atom is -0.497 e. The highest BCUT2D eigenvalue weighted by atomic mass is 19.1. The number of ether oxygens (including phenoxy) is 1. The number of likely N-dealkylation sites (tertiary alicyclic amines) is 1. The van der Waals surface area contributed by atoms with E-state index in [-0.39, 0.29) is 17.8 Å². The topological polar surface area (TPSA) is 70.7 Å². The fraction of sp³-hybridized carbons (Fsp3) is 0.263. The third-order valence-electron chi connectivity index (χ3n) is 4.27. The van der Waals surface area contributed by atoms with Gasteiger partial charge in [0, 0.05) is 17.9 Å². The first-order chi connectivity index (χ1) is 12.6. The minimum absolute atomic E-state index is 0.234. The second kappa shape index (κ2) is 7.86. The molecule has 0 saturated carbocycles. The number of benzene rings is 2.